The van der Waals surface area contributed by atoms with Crippen molar-refractivity contribution in [2.45, 2.75) is 24.3 Å². The van der Waals surface area contributed by atoms with Gasteiger partial charge in [0, 0.05) is 18.7 Å². The Labute approximate surface area is 182 Å². The highest BCUT2D eigenvalue weighted by atomic mass is 32.2. The van der Waals surface area contributed by atoms with Gasteiger partial charge in [-0.3, -0.25) is 9.10 Å². The predicted molar refractivity (Wildman–Crippen MR) is 120 cm³/mol. The number of hydrogen-bond acceptors (Lipinski definition) is 4. The summed E-state index contributed by atoms with van der Waals surface area (Å²) in [5.74, 6) is 0.376. The number of carbonyl (C=O) groups excluding carboxylic acids is 1. The first kappa shape index (κ1) is 20.9. The second-order valence-corrected chi connectivity index (χ2v) is 9.23. The smallest absolute Gasteiger partial charge is 0.264 e. The summed E-state index contributed by atoms with van der Waals surface area (Å²) < 4.78 is 33.4. The lowest BCUT2D eigenvalue weighted by atomic mass is 10.0. The molecule has 1 N–H and O–H groups in total. The lowest BCUT2D eigenvalue weighted by Gasteiger charge is -2.30. The van der Waals surface area contributed by atoms with Gasteiger partial charge in [0.1, 0.15) is 5.75 Å². The van der Waals surface area contributed by atoms with Crippen molar-refractivity contribution in [2.75, 3.05) is 18.0 Å². The molecule has 1 aliphatic rings. The van der Waals surface area contributed by atoms with Crippen molar-refractivity contribution in [3.8, 4) is 5.75 Å². The Morgan fingerprint density at radius 2 is 1.84 bits per heavy atom. The molecule has 0 saturated heterocycles. The largest absolute Gasteiger partial charge is 0.497 e. The van der Waals surface area contributed by atoms with Crippen LogP contribution in [0.2, 0.25) is 0 Å². The van der Waals surface area contributed by atoms with Crippen LogP contribution in [-0.2, 0) is 23.0 Å². The van der Waals surface area contributed by atoms with E-state index in [1.807, 2.05) is 48.5 Å². The molecule has 160 valence electrons. The number of nitrogens with zero attached hydrogens (tertiary/aromatic N) is 1. The predicted octanol–water partition coefficient (Wildman–Crippen LogP) is 3.77. The lowest BCUT2D eigenvalue weighted by Crippen LogP contribution is -2.35. The van der Waals surface area contributed by atoms with Gasteiger partial charge < -0.3 is 10.1 Å². The number of methoxy groups -OCH3 is 1. The molecule has 3 aromatic carbocycles. The van der Waals surface area contributed by atoms with Gasteiger partial charge in [-0.15, -0.1) is 0 Å². The summed E-state index contributed by atoms with van der Waals surface area (Å²) in [6.45, 7) is 0.734. The van der Waals surface area contributed by atoms with Gasteiger partial charge in [0.25, 0.3) is 15.9 Å². The summed E-state index contributed by atoms with van der Waals surface area (Å²) in [4.78, 5) is 12.8. The van der Waals surface area contributed by atoms with Crippen molar-refractivity contribution >= 4 is 21.6 Å². The summed E-state index contributed by atoms with van der Waals surface area (Å²) in [7, 11) is -2.18. The molecule has 0 saturated carbocycles. The maximum absolute atomic E-state index is 13.4. The van der Waals surface area contributed by atoms with Crippen LogP contribution in [-0.4, -0.2) is 28.0 Å². The van der Waals surface area contributed by atoms with Crippen molar-refractivity contribution in [3.63, 3.8) is 0 Å². The Morgan fingerprint density at radius 1 is 1.03 bits per heavy atom. The van der Waals surface area contributed by atoms with Crippen LogP contribution in [0, 0.1) is 0 Å². The highest BCUT2D eigenvalue weighted by Crippen LogP contribution is 2.31. The molecule has 3 aromatic rings. The van der Waals surface area contributed by atoms with Gasteiger partial charge in [0.15, 0.2) is 0 Å². The second kappa shape index (κ2) is 8.81. The van der Waals surface area contributed by atoms with Crippen LogP contribution in [0.1, 0.15) is 27.9 Å². The third-order valence-corrected chi connectivity index (χ3v) is 7.15. The number of aryl methyl sites for hydroxylation is 1. The number of fused-ring (bicyclic) bond motifs is 1. The zero-order valence-corrected chi connectivity index (χ0v) is 18.1. The second-order valence-electron chi connectivity index (χ2n) is 7.37. The number of ether oxygens (including phenoxy) is 1. The molecule has 0 unspecified atom stereocenters. The van der Waals surface area contributed by atoms with Crippen molar-refractivity contribution in [3.05, 3.63) is 89.5 Å². The van der Waals surface area contributed by atoms with Gasteiger partial charge in [-0.25, -0.2) is 8.42 Å². The van der Waals surface area contributed by atoms with E-state index in [1.165, 1.54) is 16.4 Å². The van der Waals surface area contributed by atoms with Gasteiger partial charge in [-0.2, -0.15) is 0 Å². The fourth-order valence-electron chi connectivity index (χ4n) is 3.74. The van der Waals surface area contributed by atoms with Crippen LogP contribution in [0.3, 0.4) is 0 Å². The van der Waals surface area contributed by atoms with Gasteiger partial charge in [-0.05, 0) is 60.4 Å². The molecule has 0 aromatic heterocycles. The molecule has 31 heavy (non-hydrogen) atoms. The Kier molecular flexibility index (Phi) is 5.95. The fourth-order valence-corrected chi connectivity index (χ4v) is 5.33. The van der Waals surface area contributed by atoms with Crippen LogP contribution >= 0.6 is 0 Å². The zero-order chi connectivity index (χ0) is 21.8. The first-order valence-electron chi connectivity index (χ1n) is 10.1. The van der Waals surface area contributed by atoms with E-state index in [4.69, 9.17) is 4.74 Å². The molecule has 1 amide bonds. The Morgan fingerprint density at radius 3 is 2.68 bits per heavy atom. The summed E-state index contributed by atoms with van der Waals surface area (Å²) in [5, 5.41) is 2.84. The number of benzene rings is 3. The number of carbonyl (C=O) groups is 1. The fraction of sp³-hybridized carbons (Fsp3) is 0.208. The lowest BCUT2D eigenvalue weighted by molar-refractivity contribution is 0.0950. The van der Waals surface area contributed by atoms with Gasteiger partial charge >= 0.3 is 0 Å². The van der Waals surface area contributed by atoms with Gasteiger partial charge in [0.2, 0.25) is 0 Å². The van der Waals surface area contributed by atoms with E-state index in [-0.39, 0.29) is 10.8 Å². The number of rotatable bonds is 6. The van der Waals surface area contributed by atoms with E-state index >= 15 is 0 Å². The maximum atomic E-state index is 13.4. The standard InChI is InChI=1S/C24H24N2O4S/c1-30-21-11-4-7-18(15-21)17-25-24(27)20-9-5-12-22(16-20)31(28,29)26-14-6-10-19-8-2-3-13-23(19)26/h2-5,7-9,11-13,15-16H,6,10,14,17H2,1H3,(H,25,27). The molecule has 0 radical (unpaired) electrons. The molecule has 0 spiro atoms. The third kappa shape index (κ3) is 4.41. The quantitative estimate of drug-likeness (QED) is 0.638. The molecule has 0 fully saturated rings. The summed E-state index contributed by atoms with van der Waals surface area (Å²) >= 11 is 0. The summed E-state index contributed by atoms with van der Waals surface area (Å²) in [6.07, 6.45) is 1.62. The average molecular weight is 437 g/mol. The highest BCUT2D eigenvalue weighted by molar-refractivity contribution is 7.92. The van der Waals surface area contributed by atoms with E-state index in [1.54, 1.807) is 19.2 Å². The van der Waals surface area contributed by atoms with Gasteiger partial charge in [-0.1, -0.05) is 36.4 Å². The number of anilines is 1. The van der Waals surface area contributed by atoms with Crippen LogP contribution < -0.4 is 14.4 Å². The molecule has 1 aliphatic heterocycles. The number of sulfonamides is 1. The average Bonchev–Trinajstić information content (AvgIpc) is 2.82. The topological polar surface area (TPSA) is 75.7 Å². The van der Waals surface area contributed by atoms with Crippen LogP contribution in [0.5, 0.6) is 5.75 Å². The van der Waals surface area contributed by atoms with Crippen LogP contribution in [0.25, 0.3) is 0 Å². The molecule has 7 heteroatoms. The summed E-state index contributed by atoms with van der Waals surface area (Å²) in [5.41, 5.74) is 2.92. The molecule has 0 bridgehead atoms. The van der Waals surface area contributed by atoms with Crippen molar-refractivity contribution in [2.24, 2.45) is 0 Å². The van der Waals surface area contributed by atoms with E-state index in [2.05, 4.69) is 5.32 Å². The Bertz CT molecular complexity index is 1210. The maximum Gasteiger partial charge on any atom is 0.264 e. The minimum absolute atomic E-state index is 0.109. The van der Waals surface area contributed by atoms with Crippen molar-refractivity contribution < 1.29 is 17.9 Å². The van der Waals surface area contributed by atoms with Crippen LogP contribution in [0.4, 0.5) is 5.69 Å². The number of nitrogens with one attached hydrogen (secondary N) is 1. The molecular weight excluding hydrogens is 412 g/mol. The number of hydrogen-bond donors (Lipinski definition) is 1. The van der Waals surface area contributed by atoms with E-state index < -0.39 is 10.0 Å². The number of para-hydroxylation sites is 1. The summed E-state index contributed by atoms with van der Waals surface area (Å²) in [6, 6.07) is 21.1. The van der Waals surface area contributed by atoms with Crippen LogP contribution in [0.15, 0.2) is 77.7 Å². The molecule has 1 heterocycles. The van der Waals surface area contributed by atoms with Crippen molar-refractivity contribution in [1.29, 1.82) is 0 Å². The van der Waals surface area contributed by atoms with E-state index in [0.717, 1.165) is 24.0 Å². The van der Waals surface area contributed by atoms with E-state index in [0.29, 0.717) is 30.1 Å². The monoisotopic (exact) mass is 436 g/mol. The molecule has 0 aliphatic carbocycles. The zero-order valence-electron chi connectivity index (χ0n) is 17.2. The SMILES string of the molecule is COc1cccc(CNC(=O)c2cccc(S(=O)(=O)N3CCCc4ccccc43)c2)c1. The van der Waals surface area contributed by atoms with Gasteiger partial charge in [0.05, 0.1) is 17.7 Å². The van der Waals surface area contributed by atoms with E-state index in [9.17, 15) is 13.2 Å². The molecule has 4 rings (SSSR count). The minimum Gasteiger partial charge on any atom is -0.497 e. The Balaban J connectivity index is 1.54. The normalized spacial score (nSPS) is 13.4. The highest BCUT2D eigenvalue weighted by Gasteiger charge is 2.29. The molecule has 6 nitrogen and oxygen atoms in total. The Hall–Kier alpha value is -3.32. The first-order valence-corrected chi connectivity index (χ1v) is 11.5. The number of amides is 1. The molecule has 0 atom stereocenters. The van der Waals surface area contributed by atoms with Crippen molar-refractivity contribution in [1.82, 2.24) is 5.32 Å². The third-order valence-electron chi connectivity index (χ3n) is 5.34. The first-order chi connectivity index (χ1) is 15.0. The minimum atomic E-state index is -3.77. The molecular formula is C24H24N2O4S.